The van der Waals surface area contributed by atoms with E-state index in [1.165, 1.54) is 16.1 Å². The van der Waals surface area contributed by atoms with Gasteiger partial charge in [0.25, 0.3) is 0 Å². The highest BCUT2D eigenvalue weighted by Crippen LogP contribution is 2.32. The van der Waals surface area contributed by atoms with Gasteiger partial charge in [0.15, 0.2) is 10.9 Å². The summed E-state index contributed by atoms with van der Waals surface area (Å²) in [7, 11) is -3.29. The average Bonchev–Trinajstić information content (AvgIpc) is 3.38. The molecule has 1 aliphatic heterocycles. The number of ketones is 1. The van der Waals surface area contributed by atoms with Crippen molar-refractivity contribution in [1.29, 1.82) is 0 Å². The van der Waals surface area contributed by atoms with Crippen molar-refractivity contribution in [3.63, 3.8) is 0 Å². The summed E-state index contributed by atoms with van der Waals surface area (Å²) in [6.45, 7) is 4.12. The number of fused-ring (bicyclic) bond motifs is 1. The van der Waals surface area contributed by atoms with Crippen molar-refractivity contribution < 1.29 is 13.2 Å². The van der Waals surface area contributed by atoms with Crippen molar-refractivity contribution in [1.82, 2.24) is 9.55 Å². The van der Waals surface area contributed by atoms with E-state index in [1.54, 1.807) is 25.3 Å². The molecule has 0 spiro atoms. The van der Waals surface area contributed by atoms with Crippen LogP contribution in [0.5, 0.6) is 0 Å². The number of sulfonamides is 1. The predicted molar refractivity (Wildman–Crippen MR) is 120 cm³/mol. The Morgan fingerprint density at radius 3 is 2.80 bits per heavy atom. The van der Waals surface area contributed by atoms with Crippen LogP contribution in [0.1, 0.15) is 28.4 Å². The number of aromatic nitrogens is 2. The zero-order chi connectivity index (χ0) is 21.3. The maximum atomic E-state index is 12.8. The number of thioether (sulfide) groups is 1. The summed E-state index contributed by atoms with van der Waals surface area (Å²) < 4.78 is 27.9. The molecule has 0 saturated carbocycles. The molecule has 0 aliphatic carbocycles. The quantitative estimate of drug-likeness (QED) is 0.411. The van der Waals surface area contributed by atoms with Gasteiger partial charge in [0.05, 0.1) is 17.2 Å². The molecular weight excluding hydrogens is 418 g/mol. The molecule has 0 unspecified atom stereocenters. The summed E-state index contributed by atoms with van der Waals surface area (Å²) in [5.74, 6) is 0.328. The Bertz CT molecular complexity index is 1200. The van der Waals surface area contributed by atoms with Crippen LogP contribution in [0, 0.1) is 6.92 Å². The van der Waals surface area contributed by atoms with Crippen molar-refractivity contribution in [3.8, 4) is 5.69 Å². The van der Waals surface area contributed by atoms with Gasteiger partial charge in [-0.3, -0.25) is 13.7 Å². The van der Waals surface area contributed by atoms with Gasteiger partial charge in [0.1, 0.15) is 0 Å². The zero-order valence-corrected chi connectivity index (χ0v) is 18.5. The summed E-state index contributed by atoms with van der Waals surface area (Å²) in [4.78, 5) is 17.2. The van der Waals surface area contributed by atoms with Crippen molar-refractivity contribution >= 4 is 33.3 Å². The fourth-order valence-corrected chi connectivity index (χ4v) is 5.60. The summed E-state index contributed by atoms with van der Waals surface area (Å²) in [6.07, 6.45) is 4.24. The van der Waals surface area contributed by atoms with Gasteiger partial charge in [-0.15, -0.1) is 0 Å². The summed E-state index contributed by atoms with van der Waals surface area (Å²) >= 11 is 1.40. The van der Waals surface area contributed by atoms with Crippen LogP contribution >= 0.6 is 11.8 Å². The van der Waals surface area contributed by atoms with Crippen LogP contribution in [0.4, 0.5) is 5.69 Å². The van der Waals surface area contributed by atoms with E-state index in [1.807, 2.05) is 42.0 Å². The second-order valence-corrected chi connectivity index (χ2v) is 10.3. The Kier molecular flexibility index (Phi) is 5.71. The smallest absolute Gasteiger partial charge is 0.234 e. The average molecular weight is 442 g/mol. The third kappa shape index (κ3) is 4.02. The number of rotatable bonds is 7. The second-order valence-electron chi connectivity index (χ2n) is 7.20. The number of anilines is 1. The Balaban J connectivity index is 1.48. The molecule has 156 valence electrons. The van der Waals surface area contributed by atoms with Crippen LogP contribution in [-0.4, -0.2) is 41.8 Å². The molecule has 0 N–H and O–H groups in total. The molecule has 6 nitrogen and oxygen atoms in total. The summed E-state index contributed by atoms with van der Waals surface area (Å²) in [5, 5.41) is 0.760. The highest BCUT2D eigenvalue weighted by atomic mass is 32.2. The molecule has 0 fully saturated rings. The lowest BCUT2D eigenvalue weighted by atomic mass is 10.1. The third-order valence-corrected chi connectivity index (χ3v) is 7.92. The minimum absolute atomic E-state index is 0.00149. The molecule has 0 saturated heterocycles. The van der Waals surface area contributed by atoms with E-state index in [0.29, 0.717) is 24.2 Å². The predicted octanol–water partition coefficient (Wildman–Crippen LogP) is 3.87. The Morgan fingerprint density at radius 2 is 2.03 bits per heavy atom. The van der Waals surface area contributed by atoms with E-state index < -0.39 is 10.0 Å². The third-order valence-electron chi connectivity index (χ3n) is 5.17. The first kappa shape index (κ1) is 20.7. The number of hydrogen-bond acceptors (Lipinski definition) is 5. The van der Waals surface area contributed by atoms with Crippen LogP contribution in [0.15, 0.2) is 60.0 Å². The van der Waals surface area contributed by atoms with Gasteiger partial charge in [0, 0.05) is 30.2 Å². The van der Waals surface area contributed by atoms with E-state index in [-0.39, 0.29) is 17.3 Å². The first-order valence-electron chi connectivity index (χ1n) is 9.79. The van der Waals surface area contributed by atoms with Crippen molar-refractivity contribution in [2.75, 3.05) is 22.4 Å². The molecule has 2 heterocycles. The van der Waals surface area contributed by atoms with Crippen molar-refractivity contribution in [2.24, 2.45) is 0 Å². The second kappa shape index (κ2) is 8.28. The van der Waals surface area contributed by atoms with E-state index in [4.69, 9.17) is 0 Å². The van der Waals surface area contributed by atoms with Crippen LogP contribution in [-0.2, 0) is 16.4 Å². The maximum Gasteiger partial charge on any atom is 0.234 e. The summed E-state index contributed by atoms with van der Waals surface area (Å²) in [5.41, 5.74) is 4.37. The molecule has 1 aromatic heterocycles. The SMILES string of the molecule is CCS(=O)(=O)N1CCc2cc(C(=O)CSc3nccn3-c3cccc(C)c3)ccc21. The van der Waals surface area contributed by atoms with Gasteiger partial charge in [-0.2, -0.15) is 0 Å². The monoisotopic (exact) mass is 441 g/mol. The van der Waals surface area contributed by atoms with Gasteiger partial charge >= 0.3 is 0 Å². The number of carbonyl (C=O) groups excluding carboxylic acids is 1. The molecule has 3 aromatic rings. The Morgan fingerprint density at radius 1 is 1.20 bits per heavy atom. The summed E-state index contributed by atoms with van der Waals surface area (Å²) in [6, 6.07) is 13.4. The lowest BCUT2D eigenvalue weighted by molar-refractivity contribution is 0.102. The molecule has 1 aliphatic rings. The topological polar surface area (TPSA) is 72.3 Å². The van der Waals surface area contributed by atoms with E-state index in [2.05, 4.69) is 11.1 Å². The van der Waals surface area contributed by atoms with Crippen LogP contribution < -0.4 is 4.31 Å². The van der Waals surface area contributed by atoms with Crippen molar-refractivity contribution in [3.05, 3.63) is 71.5 Å². The molecule has 0 atom stereocenters. The molecule has 4 rings (SSSR count). The lowest BCUT2D eigenvalue weighted by Gasteiger charge is -2.18. The molecular formula is C22H23N3O3S2. The molecule has 8 heteroatoms. The normalized spacial score (nSPS) is 13.5. The van der Waals surface area contributed by atoms with E-state index in [9.17, 15) is 13.2 Å². The molecule has 0 bridgehead atoms. The lowest BCUT2D eigenvalue weighted by Crippen LogP contribution is -2.30. The number of aryl methyl sites for hydroxylation is 1. The highest BCUT2D eigenvalue weighted by Gasteiger charge is 2.28. The number of hydrogen-bond donors (Lipinski definition) is 0. The number of nitrogens with zero attached hydrogens (tertiary/aromatic N) is 3. The molecule has 0 amide bonds. The van der Waals surface area contributed by atoms with Crippen LogP contribution in [0.25, 0.3) is 5.69 Å². The number of Topliss-reactive ketones (excluding diaryl/α,β-unsaturated/α-hetero) is 1. The van der Waals surface area contributed by atoms with Crippen molar-refractivity contribution in [2.45, 2.75) is 25.4 Å². The number of imidazole rings is 1. The Hall–Kier alpha value is -2.58. The minimum atomic E-state index is -3.29. The first-order chi connectivity index (χ1) is 14.4. The molecule has 2 aromatic carbocycles. The Labute approximate surface area is 181 Å². The van der Waals surface area contributed by atoms with Crippen LogP contribution in [0.3, 0.4) is 0 Å². The number of benzene rings is 2. The maximum absolute atomic E-state index is 12.8. The molecule has 30 heavy (non-hydrogen) atoms. The van der Waals surface area contributed by atoms with E-state index in [0.717, 1.165) is 22.0 Å². The fourth-order valence-electron chi connectivity index (χ4n) is 3.57. The van der Waals surface area contributed by atoms with Gasteiger partial charge < -0.3 is 0 Å². The number of carbonyl (C=O) groups is 1. The standard InChI is InChI=1S/C22H23N3O3S2/c1-3-30(27,28)25-11-9-17-14-18(7-8-20(17)25)21(26)15-29-22-23-10-12-24(22)19-6-4-5-16(2)13-19/h4-8,10,12-14H,3,9,11,15H2,1-2H3. The van der Waals surface area contributed by atoms with Gasteiger partial charge in [-0.05, 0) is 61.7 Å². The van der Waals surface area contributed by atoms with Gasteiger partial charge in [-0.1, -0.05) is 23.9 Å². The first-order valence-corrected chi connectivity index (χ1v) is 12.4. The molecule has 0 radical (unpaired) electrons. The highest BCUT2D eigenvalue weighted by molar-refractivity contribution is 7.99. The largest absolute Gasteiger partial charge is 0.295 e. The van der Waals surface area contributed by atoms with Crippen LogP contribution in [0.2, 0.25) is 0 Å². The zero-order valence-electron chi connectivity index (χ0n) is 16.9. The fraction of sp³-hybridized carbons (Fsp3) is 0.273. The van der Waals surface area contributed by atoms with Gasteiger partial charge in [-0.25, -0.2) is 13.4 Å². The minimum Gasteiger partial charge on any atom is -0.295 e. The van der Waals surface area contributed by atoms with E-state index >= 15 is 0 Å². The van der Waals surface area contributed by atoms with Gasteiger partial charge in [0.2, 0.25) is 10.0 Å².